The molecule has 4 rings (SSSR count). The maximum absolute atomic E-state index is 12.6. The molecule has 4 saturated carbocycles. The summed E-state index contributed by atoms with van der Waals surface area (Å²) in [6.45, 7) is 28.3. The second-order valence-corrected chi connectivity index (χ2v) is 31.3. The molecule has 0 saturated heterocycles. The lowest BCUT2D eigenvalue weighted by Crippen LogP contribution is -2.60. The summed E-state index contributed by atoms with van der Waals surface area (Å²) in [6, 6.07) is 0. The highest BCUT2D eigenvalue weighted by molar-refractivity contribution is 6.71. The van der Waals surface area contributed by atoms with Gasteiger partial charge in [0.2, 0.25) is 8.32 Å². The van der Waals surface area contributed by atoms with Crippen LogP contribution in [0.2, 0.25) is 58.9 Å². The van der Waals surface area contributed by atoms with Crippen molar-refractivity contribution in [3.63, 3.8) is 0 Å². The SMILES string of the molecule is CC(CCC(=O)O[Si](C)(C)C)C1CCC2C3C(O[Si](C)(C)C)CC4CC(O[Si](C)(C)C)CCC4(C)C3CCC12C. The van der Waals surface area contributed by atoms with Crippen LogP contribution < -0.4 is 0 Å². The van der Waals surface area contributed by atoms with Crippen molar-refractivity contribution in [3.8, 4) is 0 Å². The van der Waals surface area contributed by atoms with Gasteiger partial charge in [0.15, 0.2) is 16.6 Å². The molecule has 0 aliphatic heterocycles. The van der Waals surface area contributed by atoms with Crippen LogP contribution in [0.3, 0.4) is 0 Å². The van der Waals surface area contributed by atoms with Gasteiger partial charge in [-0.3, -0.25) is 4.79 Å². The van der Waals surface area contributed by atoms with Crippen molar-refractivity contribution in [3.05, 3.63) is 0 Å². The zero-order chi connectivity index (χ0) is 29.9. The summed E-state index contributed by atoms with van der Waals surface area (Å²) in [4.78, 5) is 12.6. The quantitative estimate of drug-likeness (QED) is 0.245. The van der Waals surface area contributed by atoms with E-state index in [2.05, 4.69) is 79.7 Å². The fraction of sp³-hybridized carbons (Fsp3) is 0.970. The molecule has 232 valence electrons. The molecule has 0 N–H and O–H groups in total. The van der Waals surface area contributed by atoms with Crippen LogP contribution in [-0.2, 0) is 18.1 Å². The number of carbonyl (C=O) groups excluding carboxylic acids is 1. The van der Waals surface area contributed by atoms with Crippen LogP contribution in [0, 0.1) is 46.3 Å². The van der Waals surface area contributed by atoms with Crippen molar-refractivity contribution >= 4 is 30.9 Å². The number of rotatable bonds is 9. The van der Waals surface area contributed by atoms with E-state index >= 15 is 0 Å². The number of carbonyl (C=O) groups is 1. The summed E-state index contributed by atoms with van der Waals surface area (Å²) in [6.07, 6.45) is 12.8. The van der Waals surface area contributed by atoms with Crippen LogP contribution in [-0.4, -0.2) is 43.1 Å². The Morgan fingerprint density at radius 1 is 0.775 bits per heavy atom. The van der Waals surface area contributed by atoms with Gasteiger partial charge in [0.25, 0.3) is 5.97 Å². The monoisotopic (exact) mass is 608 g/mol. The summed E-state index contributed by atoms with van der Waals surface area (Å²) in [7, 11) is -5.04. The lowest BCUT2D eigenvalue weighted by atomic mass is 9.43. The number of hydrogen-bond donors (Lipinski definition) is 0. The Balaban J connectivity index is 1.54. The topological polar surface area (TPSA) is 44.8 Å². The molecular formula is C33H64O4Si3. The highest BCUT2D eigenvalue weighted by Crippen LogP contribution is 2.69. The second-order valence-electron chi connectivity index (χ2n) is 18.0. The minimum Gasteiger partial charge on any atom is -0.520 e. The molecule has 10 unspecified atom stereocenters. The van der Waals surface area contributed by atoms with E-state index in [9.17, 15) is 4.79 Å². The summed E-state index contributed by atoms with van der Waals surface area (Å²) in [5, 5.41) is 0. The lowest BCUT2D eigenvalue weighted by molar-refractivity contribution is -0.168. The van der Waals surface area contributed by atoms with Crippen molar-refractivity contribution in [2.45, 2.75) is 156 Å². The standard InChI is InChI=1S/C33H64O4Si3/c1-23(13-16-30(34)37-40(10,11)12)26-14-15-27-31-28(18-20-33(26,27)3)32(2)19-17-25(35-38(4,5)6)21-24(32)22-29(31)36-39(7,8)9/h23-29,31H,13-22H2,1-12H3. The predicted octanol–water partition coefficient (Wildman–Crippen LogP) is 9.49. The van der Waals surface area contributed by atoms with Gasteiger partial charge in [-0.25, -0.2) is 0 Å². The molecule has 10 atom stereocenters. The normalized spacial score (nSPS) is 41.0. The molecule has 0 radical (unpaired) electrons. The van der Waals surface area contributed by atoms with Gasteiger partial charge in [-0.1, -0.05) is 20.8 Å². The zero-order valence-electron chi connectivity index (χ0n) is 28.3. The van der Waals surface area contributed by atoms with E-state index in [0.29, 0.717) is 47.2 Å². The Morgan fingerprint density at radius 3 is 1.98 bits per heavy atom. The van der Waals surface area contributed by atoms with Gasteiger partial charge in [-0.2, -0.15) is 0 Å². The van der Waals surface area contributed by atoms with E-state index in [4.69, 9.17) is 13.3 Å². The van der Waals surface area contributed by atoms with E-state index in [1.807, 2.05) is 0 Å². The molecule has 4 aliphatic rings. The molecule has 7 heteroatoms. The third-order valence-electron chi connectivity index (χ3n) is 11.6. The van der Waals surface area contributed by atoms with Gasteiger partial charge in [0.05, 0.1) is 0 Å². The molecule has 4 aliphatic carbocycles. The van der Waals surface area contributed by atoms with Crippen LogP contribution in [0.1, 0.15) is 85.0 Å². The second kappa shape index (κ2) is 11.5. The smallest absolute Gasteiger partial charge is 0.292 e. The maximum atomic E-state index is 12.6. The summed E-state index contributed by atoms with van der Waals surface area (Å²) >= 11 is 0. The molecular weight excluding hydrogens is 545 g/mol. The Hall–Kier alpha value is 0.0406. The van der Waals surface area contributed by atoms with E-state index in [1.54, 1.807) is 0 Å². The minimum atomic E-state index is -1.82. The highest BCUT2D eigenvalue weighted by Gasteiger charge is 2.63. The third kappa shape index (κ3) is 7.22. The van der Waals surface area contributed by atoms with Gasteiger partial charge in [0, 0.05) is 18.6 Å². The fourth-order valence-electron chi connectivity index (χ4n) is 10.3. The summed E-state index contributed by atoms with van der Waals surface area (Å²) < 4.78 is 19.7. The first kappa shape index (κ1) is 32.9. The van der Waals surface area contributed by atoms with Crippen molar-refractivity contribution in [1.29, 1.82) is 0 Å². The Morgan fingerprint density at radius 2 is 1.38 bits per heavy atom. The number of fused-ring (bicyclic) bond motifs is 5. The minimum absolute atomic E-state index is 0.0259. The van der Waals surface area contributed by atoms with Gasteiger partial charge in [-0.05, 0) is 163 Å². The largest absolute Gasteiger partial charge is 0.520 e. The van der Waals surface area contributed by atoms with Crippen molar-refractivity contribution in [1.82, 2.24) is 0 Å². The zero-order valence-corrected chi connectivity index (χ0v) is 31.3. The van der Waals surface area contributed by atoms with Crippen LogP contribution in [0.15, 0.2) is 0 Å². The van der Waals surface area contributed by atoms with Crippen LogP contribution in [0.25, 0.3) is 0 Å². The summed E-state index contributed by atoms with van der Waals surface area (Å²) in [5.74, 6) is 4.24. The molecule has 0 bridgehead atoms. The fourth-order valence-corrected chi connectivity index (χ4v) is 13.4. The van der Waals surface area contributed by atoms with E-state index in [1.165, 1.54) is 51.4 Å². The first-order chi connectivity index (χ1) is 18.2. The molecule has 0 amide bonds. The van der Waals surface area contributed by atoms with Crippen molar-refractivity contribution in [2.75, 3.05) is 0 Å². The Kier molecular flexibility index (Phi) is 9.48. The third-order valence-corrected chi connectivity index (χ3v) is 14.5. The van der Waals surface area contributed by atoms with E-state index in [0.717, 1.165) is 24.2 Å². The van der Waals surface area contributed by atoms with Gasteiger partial charge < -0.3 is 13.3 Å². The van der Waals surface area contributed by atoms with Crippen LogP contribution >= 0.6 is 0 Å². The lowest BCUT2D eigenvalue weighted by Gasteiger charge is -2.64. The summed E-state index contributed by atoms with van der Waals surface area (Å²) in [5.41, 5.74) is 0.792. The van der Waals surface area contributed by atoms with Gasteiger partial charge in [0.1, 0.15) is 0 Å². The predicted molar refractivity (Wildman–Crippen MR) is 175 cm³/mol. The van der Waals surface area contributed by atoms with Crippen molar-refractivity contribution in [2.24, 2.45) is 46.3 Å². The molecule has 0 spiro atoms. The first-order valence-electron chi connectivity index (χ1n) is 16.8. The maximum Gasteiger partial charge on any atom is 0.292 e. The molecule has 0 heterocycles. The molecule has 0 aromatic carbocycles. The molecule has 40 heavy (non-hydrogen) atoms. The molecule has 0 aromatic rings. The Labute approximate surface area is 250 Å². The highest BCUT2D eigenvalue weighted by atomic mass is 28.4. The van der Waals surface area contributed by atoms with Gasteiger partial charge in [-0.15, -0.1) is 0 Å². The average molecular weight is 609 g/mol. The van der Waals surface area contributed by atoms with Crippen LogP contribution in [0.4, 0.5) is 0 Å². The molecule has 0 aromatic heterocycles. The molecule has 4 nitrogen and oxygen atoms in total. The first-order valence-corrected chi connectivity index (χ1v) is 27.0. The Bertz CT molecular complexity index is 905. The van der Waals surface area contributed by atoms with Crippen LogP contribution in [0.5, 0.6) is 0 Å². The van der Waals surface area contributed by atoms with E-state index < -0.39 is 25.0 Å². The van der Waals surface area contributed by atoms with Gasteiger partial charge >= 0.3 is 0 Å². The van der Waals surface area contributed by atoms with E-state index in [-0.39, 0.29) is 5.97 Å². The van der Waals surface area contributed by atoms with Crippen molar-refractivity contribution < 1.29 is 18.1 Å². The number of hydrogen-bond acceptors (Lipinski definition) is 4. The average Bonchev–Trinajstić information content (AvgIpc) is 3.12. The molecule has 4 fully saturated rings.